The number of hydrogen-bond donors (Lipinski definition) is 1. The van der Waals surface area contributed by atoms with Crippen molar-refractivity contribution in [2.45, 2.75) is 25.7 Å². The first-order valence-electron chi connectivity index (χ1n) is 7.10. The summed E-state index contributed by atoms with van der Waals surface area (Å²) in [7, 11) is 0. The number of nitrogens with one attached hydrogen (secondary N) is 1. The Labute approximate surface area is 134 Å². The molecule has 0 atom stereocenters. The van der Waals surface area contributed by atoms with Crippen LogP contribution in [0.1, 0.15) is 24.8 Å². The number of carbonyl (C=O) groups excluding carboxylic acids is 1. The lowest BCUT2D eigenvalue weighted by molar-refractivity contribution is -0.120. The molecule has 0 bridgehead atoms. The Morgan fingerprint density at radius 3 is 2.65 bits per heavy atom. The Kier molecular flexibility index (Phi) is 6.30. The summed E-state index contributed by atoms with van der Waals surface area (Å²) in [6.45, 7) is 0.792. The molecule has 0 radical (unpaired) electrons. The normalized spacial score (nSPS) is 10.7. The Hall–Kier alpha value is -1.10. The number of benzene rings is 2. The molecular weight excluding hydrogens is 361 g/mol. The lowest BCUT2D eigenvalue weighted by Crippen LogP contribution is -2.26. The van der Waals surface area contributed by atoms with E-state index in [9.17, 15) is 4.79 Å². The molecular formula is C17H20INO. The number of alkyl halides is 1. The van der Waals surface area contributed by atoms with Crippen molar-refractivity contribution in [3.8, 4) is 0 Å². The monoisotopic (exact) mass is 381 g/mol. The van der Waals surface area contributed by atoms with Crippen LogP contribution in [0.25, 0.3) is 10.8 Å². The summed E-state index contributed by atoms with van der Waals surface area (Å²) in [6.07, 6.45) is 3.97. The second-order valence-corrected chi connectivity index (χ2v) is 5.99. The van der Waals surface area contributed by atoms with Crippen molar-refractivity contribution in [3.05, 3.63) is 48.0 Å². The molecule has 20 heavy (non-hydrogen) atoms. The van der Waals surface area contributed by atoms with Gasteiger partial charge >= 0.3 is 0 Å². The van der Waals surface area contributed by atoms with Gasteiger partial charge in [0.15, 0.2) is 0 Å². The van der Waals surface area contributed by atoms with Crippen molar-refractivity contribution in [1.29, 1.82) is 0 Å². The molecule has 0 fully saturated rings. The fraction of sp³-hybridized carbons (Fsp3) is 0.353. The average Bonchev–Trinajstić information content (AvgIpc) is 2.47. The SMILES string of the molecule is O=C(Cc1cccc2ccccc12)NCCCCCI. The van der Waals surface area contributed by atoms with Crippen LogP contribution in [0.2, 0.25) is 0 Å². The third kappa shape index (κ3) is 4.47. The van der Waals surface area contributed by atoms with Crippen LogP contribution < -0.4 is 5.32 Å². The van der Waals surface area contributed by atoms with Gasteiger partial charge in [0.25, 0.3) is 0 Å². The van der Waals surface area contributed by atoms with E-state index >= 15 is 0 Å². The van der Waals surface area contributed by atoms with Gasteiger partial charge < -0.3 is 5.32 Å². The Morgan fingerprint density at radius 2 is 1.80 bits per heavy atom. The predicted molar refractivity (Wildman–Crippen MR) is 93.4 cm³/mol. The summed E-state index contributed by atoms with van der Waals surface area (Å²) in [5.74, 6) is 0.121. The highest BCUT2D eigenvalue weighted by atomic mass is 127. The van der Waals surface area contributed by atoms with Crippen molar-refractivity contribution < 1.29 is 4.79 Å². The molecule has 3 heteroatoms. The van der Waals surface area contributed by atoms with Crippen LogP contribution in [-0.2, 0) is 11.2 Å². The van der Waals surface area contributed by atoms with Crippen molar-refractivity contribution in [2.75, 3.05) is 11.0 Å². The van der Waals surface area contributed by atoms with Crippen molar-refractivity contribution in [2.24, 2.45) is 0 Å². The van der Waals surface area contributed by atoms with Crippen LogP contribution in [-0.4, -0.2) is 16.9 Å². The van der Waals surface area contributed by atoms with Gasteiger partial charge in [0.1, 0.15) is 0 Å². The molecule has 0 aliphatic heterocycles. The molecule has 2 aromatic rings. The first-order valence-corrected chi connectivity index (χ1v) is 8.63. The number of unbranched alkanes of at least 4 members (excludes halogenated alkanes) is 2. The molecule has 1 N–H and O–H groups in total. The highest BCUT2D eigenvalue weighted by molar-refractivity contribution is 14.1. The molecule has 0 heterocycles. The lowest BCUT2D eigenvalue weighted by atomic mass is 10.0. The number of rotatable bonds is 7. The van der Waals surface area contributed by atoms with Gasteiger partial charge in [-0.15, -0.1) is 0 Å². The lowest BCUT2D eigenvalue weighted by Gasteiger charge is -2.07. The molecule has 0 aliphatic carbocycles. The summed E-state index contributed by atoms with van der Waals surface area (Å²) >= 11 is 2.39. The highest BCUT2D eigenvalue weighted by Crippen LogP contribution is 2.18. The standard InChI is InChI=1S/C17H20INO/c18-11-4-1-5-12-19-17(20)13-15-9-6-8-14-7-2-3-10-16(14)15/h2-3,6-10H,1,4-5,11-13H2,(H,19,20). The molecule has 0 aliphatic rings. The first kappa shape index (κ1) is 15.3. The third-order valence-corrected chi connectivity index (χ3v) is 4.13. The fourth-order valence-electron chi connectivity index (χ4n) is 2.31. The molecule has 0 saturated heterocycles. The maximum Gasteiger partial charge on any atom is 0.224 e. The summed E-state index contributed by atoms with van der Waals surface area (Å²) in [4.78, 5) is 12.0. The minimum absolute atomic E-state index is 0.121. The molecule has 1 amide bonds. The molecule has 0 unspecified atom stereocenters. The molecule has 106 valence electrons. The van der Waals surface area contributed by atoms with Gasteiger partial charge in [0.2, 0.25) is 5.91 Å². The van der Waals surface area contributed by atoms with Crippen LogP contribution in [0.4, 0.5) is 0 Å². The smallest absolute Gasteiger partial charge is 0.224 e. The first-order chi connectivity index (χ1) is 9.81. The second kappa shape index (κ2) is 8.25. The summed E-state index contributed by atoms with van der Waals surface area (Å²) < 4.78 is 1.20. The van der Waals surface area contributed by atoms with Crippen LogP contribution in [0.5, 0.6) is 0 Å². The van der Waals surface area contributed by atoms with E-state index in [-0.39, 0.29) is 5.91 Å². The zero-order chi connectivity index (χ0) is 14.2. The zero-order valence-corrected chi connectivity index (χ0v) is 13.7. The molecule has 2 rings (SSSR count). The molecule has 0 saturated carbocycles. The van der Waals surface area contributed by atoms with E-state index in [4.69, 9.17) is 0 Å². The second-order valence-electron chi connectivity index (χ2n) is 4.91. The Bertz CT molecular complexity index is 562. The maximum absolute atomic E-state index is 12.0. The van der Waals surface area contributed by atoms with Gasteiger partial charge in [-0.2, -0.15) is 0 Å². The highest BCUT2D eigenvalue weighted by Gasteiger charge is 2.06. The van der Waals surface area contributed by atoms with Gasteiger partial charge in [0.05, 0.1) is 6.42 Å². The van der Waals surface area contributed by atoms with E-state index in [0.29, 0.717) is 6.42 Å². The minimum atomic E-state index is 0.121. The Morgan fingerprint density at radius 1 is 1.00 bits per heavy atom. The summed E-state index contributed by atoms with van der Waals surface area (Å²) in [5, 5.41) is 5.38. The third-order valence-electron chi connectivity index (χ3n) is 3.36. The number of halogens is 1. The number of hydrogen-bond acceptors (Lipinski definition) is 1. The number of carbonyl (C=O) groups is 1. The number of amides is 1. The van der Waals surface area contributed by atoms with E-state index in [1.165, 1.54) is 28.0 Å². The van der Waals surface area contributed by atoms with Gasteiger partial charge in [0, 0.05) is 6.54 Å². The van der Waals surface area contributed by atoms with E-state index in [1.807, 2.05) is 24.3 Å². The van der Waals surface area contributed by atoms with Gasteiger partial charge in [-0.05, 0) is 33.6 Å². The quantitative estimate of drug-likeness (QED) is 0.437. The fourth-order valence-corrected chi connectivity index (χ4v) is 2.85. The maximum atomic E-state index is 12.0. The van der Waals surface area contributed by atoms with E-state index in [0.717, 1.165) is 18.5 Å². The summed E-state index contributed by atoms with van der Waals surface area (Å²) in [5.41, 5.74) is 1.10. The van der Waals surface area contributed by atoms with Crippen LogP contribution in [0, 0.1) is 0 Å². The molecule has 0 aromatic heterocycles. The van der Waals surface area contributed by atoms with Gasteiger partial charge in [-0.1, -0.05) is 71.5 Å². The molecule has 2 nitrogen and oxygen atoms in total. The minimum Gasteiger partial charge on any atom is -0.356 e. The number of fused-ring (bicyclic) bond motifs is 1. The van der Waals surface area contributed by atoms with Crippen LogP contribution in [0.3, 0.4) is 0 Å². The van der Waals surface area contributed by atoms with E-state index < -0.39 is 0 Å². The largest absolute Gasteiger partial charge is 0.356 e. The van der Waals surface area contributed by atoms with E-state index in [1.54, 1.807) is 0 Å². The van der Waals surface area contributed by atoms with Crippen molar-refractivity contribution >= 4 is 39.3 Å². The van der Waals surface area contributed by atoms with Gasteiger partial charge in [-0.3, -0.25) is 4.79 Å². The molecule has 2 aromatic carbocycles. The Balaban J connectivity index is 1.90. The van der Waals surface area contributed by atoms with Crippen LogP contribution in [0.15, 0.2) is 42.5 Å². The van der Waals surface area contributed by atoms with Crippen molar-refractivity contribution in [1.82, 2.24) is 5.32 Å². The van der Waals surface area contributed by atoms with E-state index in [2.05, 4.69) is 46.1 Å². The molecule has 0 spiro atoms. The van der Waals surface area contributed by atoms with Crippen LogP contribution >= 0.6 is 22.6 Å². The zero-order valence-electron chi connectivity index (χ0n) is 11.6. The topological polar surface area (TPSA) is 29.1 Å². The summed E-state index contributed by atoms with van der Waals surface area (Å²) in [6, 6.07) is 14.4. The predicted octanol–water partition coefficient (Wildman–Crippen LogP) is 4.10. The van der Waals surface area contributed by atoms with Gasteiger partial charge in [-0.25, -0.2) is 0 Å². The average molecular weight is 381 g/mol. The van der Waals surface area contributed by atoms with Crippen molar-refractivity contribution in [3.63, 3.8) is 0 Å².